The Morgan fingerprint density at radius 3 is 2.89 bits per heavy atom. The number of carbonyl (C=O) groups excluding carboxylic acids is 2. The molecule has 0 atom stereocenters. The van der Waals surface area contributed by atoms with E-state index in [0.717, 1.165) is 6.08 Å². The Hall–Kier alpha value is -0.990. The minimum Gasteiger partial charge on any atom is -0.372 e. The van der Waals surface area contributed by atoms with E-state index in [0.29, 0.717) is 6.61 Å². The van der Waals surface area contributed by atoms with Gasteiger partial charge in [0.1, 0.15) is 6.61 Å². The molecular weight excluding hydrogens is 122 g/mol. The Kier molecular flexibility index (Phi) is 4.59. The molecule has 50 valence electrons. The van der Waals surface area contributed by atoms with Crippen LogP contribution in [0.1, 0.15) is 6.92 Å². The van der Waals surface area contributed by atoms with Gasteiger partial charge in [0.05, 0.1) is 0 Å². The van der Waals surface area contributed by atoms with Gasteiger partial charge < -0.3 is 4.74 Å². The predicted octanol–water partition coefficient (Wildman–Crippen LogP) is -0.115. The summed E-state index contributed by atoms with van der Waals surface area (Å²) in [5.41, 5.74) is 0. The van der Waals surface area contributed by atoms with Gasteiger partial charge in [0.15, 0.2) is 0 Å². The van der Waals surface area contributed by atoms with Gasteiger partial charge in [0, 0.05) is 6.61 Å². The lowest BCUT2D eigenvalue weighted by Crippen LogP contribution is -2.04. The Labute approximate surface area is 52.5 Å². The van der Waals surface area contributed by atoms with E-state index in [-0.39, 0.29) is 6.61 Å². The number of rotatable bonds is 3. The van der Waals surface area contributed by atoms with Crippen LogP contribution in [0.25, 0.3) is 0 Å². The van der Waals surface area contributed by atoms with E-state index in [1.807, 2.05) is 0 Å². The van der Waals surface area contributed by atoms with Gasteiger partial charge in [-0.3, -0.25) is 4.79 Å². The first kappa shape index (κ1) is 8.01. The van der Waals surface area contributed by atoms with Crippen LogP contribution in [0.2, 0.25) is 0 Å². The molecule has 0 rings (SSSR count). The fourth-order valence-corrected chi connectivity index (χ4v) is 0.273. The van der Waals surface area contributed by atoms with Crippen molar-refractivity contribution in [2.24, 2.45) is 4.99 Å². The molecule has 0 N–H and O–H groups in total. The molecule has 0 aromatic rings. The predicted molar refractivity (Wildman–Crippen MR) is 29.6 cm³/mol. The van der Waals surface area contributed by atoms with E-state index in [1.165, 1.54) is 0 Å². The van der Waals surface area contributed by atoms with Gasteiger partial charge in [0.2, 0.25) is 6.08 Å². The van der Waals surface area contributed by atoms with E-state index in [9.17, 15) is 9.59 Å². The third kappa shape index (κ3) is 4.87. The number of isocyanates is 1. The fraction of sp³-hybridized carbons (Fsp3) is 0.600. The molecule has 4 nitrogen and oxygen atoms in total. The quantitative estimate of drug-likeness (QED) is 0.394. The van der Waals surface area contributed by atoms with Crippen molar-refractivity contribution >= 4 is 12.0 Å². The first-order valence-electron chi connectivity index (χ1n) is 2.49. The number of nitrogens with zero attached hydrogens (tertiary/aromatic N) is 1. The molecule has 4 heteroatoms. The lowest BCUT2D eigenvalue weighted by molar-refractivity contribution is -0.122. The van der Waals surface area contributed by atoms with E-state index < -0.39 is 5.91 Å². The van der Waals surface area contributed by atoms with Crippen molar-refractivity contribution in [1.29, 1.82) is 0 Å². The summed E-state index contributed by atoms with van der Waals surface area (Å²) in [4.78, 5) is 22.5. The standard InChI is InChI=1S/C5H7NO3/c1-2-9-3-5(8)6-4-7/h2-3H2,1H3. The average Bonchev–Trinajstić information content (AvgIpc) is 1.85. The van der Waals surface area contributed by atoms with Crippen molar-refractivity contribution in [3.8, 4) is 0 Å². The molecule has 0 aliphatic heterocycles. The Balaban J connectivity index is 3.39. The van der Waals surface area contributed by atoms with Crippen molar-refractivity contribution in [2.75, 3.05) is 13.2 Å². The highest BCUT2D eigenvalue weighted by molar-refractivity contribution is 5.82. The van der Waals surface area contributed by atoms with Gasteiger partial charge in [-0.05, 0) is 6.92 Å². The Morgan fingerprint density at radius 2 is 2.44 bits per heavy atom. The maximum atomic E-state index is 10.2. The third-order valence-electron chi connectivity index (χ3n) is 0.600. The highest BCUT2D eigenvalue weighted by Crippen LogP contribution is 1.75. The number of carbonyl (C=O) groups is 1. The monoisotopic (exact) mass is 129 g/mol. The molecule has 0 aromatic carbocycles. The van der Waals surface area contributed by atoms with Crippen LogP contribution in [0.4, 0.5) is 0 Å². The second-order valence-electron chi connectivity index (χ2n) is 1.23. The summed E-state index contributed by atoms with van der Waals surface area (Å²) in [7, 11) is 0. The first-order valence-corrected chi connectivity index (χ1v) is 2.49. The molecule has 0 heterocycles. The van der Waals surface area contributed by atoms with E-state index >= 15 is 0 Å². The number of amides is 1. The van der Waals surface area contributed by atoms with Gasteiger partial charge in [-0.2, -0.15) is 0 Å². The fourth-order valence-electron chi connectivity index (χ4n) is 0.273. The average molecular weight is 129 g/mol. The second kappa shape index (κ2) is 5.15. The number of hydrogen-bond donors (Lipinski definition) is 0. The summed E-state index contributed by atoms with van der Waals surface area (Å²) in [6.07, 6.45) is 1.12. The molecule has 0 fully saturated rings. The maximum absolute atomic E-state index is 10.2. The molecule has 0 unspecified atom stereocenters. The van der Waals surface area contributed by atoms with Crippen molar-refractivity contribution in [1.82, 2.24) is 0 Å². The Bertz CT molecular complexity index is 137. The summed E-state index contributed by atoms with van der Waals surface area (Å²) in [5.74, 6) is -0.591. The normalized spacial score (nSPS) is 8.11. The number of hydrogen-bond acceptors (Lipinski definition) is 3. The minimum absolute atomic E-state index is 0.133. The molecule has 0 aromatic heterocycles. The molecule has 0 saturated heterocycles. The smallest absolute Gasteiger partial charge is 0.282 e. The lowest BCUT2D eigenvalue weighted by Gasteiger charge is -1.90. The summed E-state index contributed by atoms with van der Waals surface area (Å²) < 4.78 is 4.63. The van der Waals surface area contributed by atoms with Gasteiger partial charge in [-0.1, -0.05) is 0 Å². The highest BCUT2D eigenvalue weighted by Gasteiger charge is 1.94. The van der Waals surface area contributed by atoms with Gasteiger partial charge in [0.25, 0.3) is 5.91 Å². The summed E-state index contributed by atoms with van der Waals surface area (Å²) >= 11 is 0. The van der Waals surface area contributed by atoms with Gasteiger partial charge in [-0.15, -0.1) is 4.99 Å². The van der Waals surface area contributed by atoms with Crippen LogP contribution in [-0.4, -0.2) is 25.2 Å². The number of aliphatic imine (C=N–C) groups is 1. The molecule has 0 aliphatic rings. The van der Waals surface area contributed by atoms with Crippen LogP contribution in [0.5, 0.6) is 0 Å². The van der Waals surface area contributed by atoms with Gasteiger partial charge in [-0.25, -0.2) is 4.79 Å². The van der Waals surface area contributed by atoms with Crippen molar-refractivity contribution < 1.29 is 14.3 Å². The summed E-state index contributed by atoms with van der Waals surface area (Å²) in [6.45, 7) is 2.06. The molecule has 0 bridgehead atoms. The van der Waals surface area contributed by atoms with Crippen molar-refractivity contribution in [3.63, 3.8) is 0 Å². The molecule has 0 spiro atoms. The summed E-state index contributed by atoms with van der Waals surface area (Å²) in [5, 5.41) is 0. The van der Waals surface area contributed by atoms with E-state index in [2.05, 4.69) is 9.73 Å². The van der Waals surface area contributed by atoms with E-state index in [1.54, 1.807) is 6.92 Å². The first-order chi connectivity index (χ1) is 4.31. The van der Waals surface area contributed by atoms with Crippen LogP contribution in [0.3, 0.4) is 0 Å². The zero-order valence-corrected chi connectivity index (χ0v) is 5.09. The highest BCUT2D eigenvalue weighted by atomic mass is 16.5. The van der Waals surface area contributed by atoms with Crippen LogP contribution in [0, 0.1) is 0 Å². The second-order valence-corrected chi connectivity index (χ2v) is 1.23. The zero-order chi connectivity index (χ0) is 7.11. The van der Waals surface area contributed by atoms with Crippen LogP contribution >= 0.6 is 0 Å². The molecule has 1 amide bonds. The molecule has 9 heavy (non-hydrogen) atoms. The van der Waals surface area contributed by atoms with Crippen molar-refractivity contribution in [2.45, 2.75) is 6.92 Å². The SMILES string of the molecule is CCOCC(=O)N=C=O. The van der Waals surface area contributed by atoms with Crippen LogP contribution < -0.4 is 0 Å². The largest absolute Gasteiger partial charge is 0.372 e. The molecule has 0 saturated carbocycles. The molecular formula is C5H7NO3. The summed E-state index contributed by atoms with van der Waals surface area (Å²) in [6, 6.07) is 0. The van der Waals surface area contributed by atoms with Gasteiger partial charge >= 0.3 is 0 Å². The topological polar surface area (TPSA) is 55.7 Å². The molecule has 0 radical (unpaired) electrons. The number of ether oxygens (including phenoxy) is 1. The Morgan fingerprint density at radius 1 is 1.78 bits per heavy atom. The minimum atomic E-state index is -0.591. The van der Waals surface area contributed by atoms with Crippen LogP contribution in [0.15, 0.2) is 4.99 Å². The third-order valence-corrected chi connectivity index (χ3v) is 0.600. The van der Waals surface area contributed by atoms with Crippen LogP contribution in [-0.2, 0) is 14.3 Å². The van der Waals surface area contributed by atoms with Crippen molar-refractivity contribution in [3.05, 3.63) is 0 Å². The zero-order valence-electron chi connectivity index (χ0n) is 5.09. The maximum Gasteiger partial charge on any atom is 0.282 e. The lowest BCUT2D eigenvalue weighted by atomic mass is 10.7. The molecule has 0 aliphatic carbocycles. The van der Waals surface area contributed by atoms with E-state index in [4.69, 9.17) is 0 Å².